The maximum Gasteiger partial charge on any atom is 0.154 e. The molecule has 14 heavy (non-hydrogen) atoms. The van der Waals surface area contributed by atoms with Gasteiger partial charge in [0.1, 0.15) is 0 Å². The molecule has 4 atom stereocenters. The molecule has 0 aromatic heterocycles. The van der Waals surface area contributed by atoms with Crippen molar-refractivity contribution in [2.24, 2.45) is 11.5 Å². The smallest absolute Gasteiger partial charge is 0.154 e. The van der Waals surface area contributed by atoms with Crippen molar-refractivity contribution in [1.82, 2.24) is 0 Å². The van der Waals surface area contributed by atoms with Crippen LogP contribution in [0.4, 0.5) is 0 Å². The van der Waals surface area contributed by atoms with E-state index in [1.54, 1.807) is 0 Å². The van der Waals surface area contributed by atoms with Gasteiger partial charge in [0.05, 0.1) is 10.8 Å². The first-order chi connectivity index (χ1) is 6.04. The largest absolute Gasteiger partial charge is 0.375 e. The summed E-state index contributed by atoms with van der Waals surface area (Å²) in [7, 11) is -1.94. The summed E-state index contributed by atoms with van der Waals surface area (Å²) in [4.78, 5) is -3.31. The van der Waals surface area contributed by atoms with Crippen molar-refractivity contribution in [2.75, 3.05) is 0 Å². The van der Waals surface area contributed by atoms with Crippen LogP contribution in [0.15, 0.2) is 0 Å². The van der Waals surface area contributed by atoms with Gasteiger partial charge < -0.3 is 21.7 Å². The van der Waals surface area contributed by atoms with Gasteiger partial charge in [0.15, 0.2) is 9.87 Å². The summed E-state index contributed by atoms with van der Waals surface area (Å²) < 4.78 is 11.8. The van der Waals surface area contributed by atoms with Gasteiger partial charge in [0.25, 0.3) is 0 Å². The van der Waals surface area contributed by atoms with Gasteiger partial charge in [0.2, 0.25) is 0 Å². The Morgan fingerprint density at radius 2 is 1.29 bits per heavy atom. The number of rotatable bonds is 4. The van der Waals surface area contributed by atoms with Crippen LogP contribution in [0.3, 0.4) is 0 Å². The van der Waals surface area contributed by atoms with E-state index in [0.29, 0.717) is 0 Å². The van der Waals surface area contributed by atoms with Crippen LogP contribution in [-0.2, 0) is 10.8 Å². The molecular weight excluding hydrogens is 204 g/mol. The standard InChI is InChI=1S/C8H20N2O3S/c1-5(9)7(3,11)14(13)8(4,12)6(2)10/h5-6,11-12H,9-10H2,1-4H3. The Morgan fingerprint density at radius 3 is 1.43 bits per heavy atom. The molecule has 0 radical (unpaired) electrons. The fourth-order valence-corrected chi connectivity index (χ4v) is 2.27. The minimum atomic E-state index is -1.94. The lowest BCUT2D eigenvalue weighted by Gasteiger charge is -2.36. The Labute approximate surface area is 86.9 Å². The fourth-order valence-electron chi connectivity index (χ4n) is 0.756. The van der Waals surface area contributed by atoms with Crippen LogP contribution in [0.1, 0.15) is 27.7 Å². The summed E-state index contributed by atoms with van der Waals surface area (Å²) >= 11 is 0. The maximum atomic E-state index is 11.8. The summed E-state index contributed by atoms with van der Waals surface area (Å²) in [6, 6.07) is -1.43. The summed E-state index contributed by atoms with van der Waals surface area (Å²) in [5.74, 6) is 0. The van der Waals surface area contributed by atoms with Gasteiger partial charge in [-0.2, -0.15) is 0 Å². The van der Waals surface area contributed by atoms with Crippen molar-refractivity contribution < 1.29 is 14.4 Å². The predicted molar refractivity (Wildman–Crippen MR) is 56.7 cm³/mol. The second-order valence-electron chi connectivity index (χ2n) is 3.96. The third kappa shape index (κ3) is 2.52. The molecular formula is C8H20N2O3S. The van der Waals surface area contributed by atoms with Crippen molar-refractivity contribution in [3.63, 3.8) is 0 Å². The molecule has 0 amide bonds. The van der Waals surface area contributed by atoms with Crippen LogP contribution in [0.5, 0.6) is 0 Å². The van der Waals surface area contributed by atoms with Crippen LogP contribution in [0.2, 0.25) is 0 Å². The molecule has 0 fully saturated rings. The normalized spacial score (nSPS) is 27.1. The third-order valence-corrected chi connectivity index (χ3v) is 4.69. The molecule has 0 spiro atoms. The van der Waals surface area contributed by atoms with Gasteiger partial charge in [-0.15, -0.1) is 0 Å². The molecule has 0 heterocycles. The molecule has 0 aliphatic heterocycles. The molecule has 5 nitrogen and oxygen atoms in total. The van der Waals surface area contributed by atoms with E-state index in [1.165, 1.54) is 27.7 Å². The molecule has 0 aliphatic rings. The van der Waals surface area contributed by atoms with E-state index in [2.05, 4.69) is 0 Å². The van der Waals surface area contributed by atoms with Gasteiger partial charge in [-0.05, 0) is 27.7 Å². The zero-order chi connectivity index (χ0) is 11.7. The first kappa shape index (κ1) is 14.0. The summed E-state index contributed by atoms with van der Waals surface area (Å²) in [5, 5.41) is 19.6. The van der Waals surface area contributed by atoms with Gasteiger partial charge in [-0.3, -0.25) is 4.21 Å². The minimum Gasteiger partial charge on any atom is -0.375 e. The highest BCUT2D eigenvalue weighted by Gasteiger charge is 2.45. The highest BCUT2D eigenvalue weighted by Crippen LogP contribution is 2.25. The van der Waals surface area contributed by atoms with Gasteiger partial charge in [0, 0.05) is 12.1 Å². The topological polar surface area (TPSA) is 110 Å². The molecule has 0 saturated carbocycles. The van der Waals surface area contributed by atoms with Crippen LogP contribution < -0.4 is 11.5 Å². The zero-order valence-electron chi connectivity index (χ0n) is 9.02. The summed E-state index contributed by atoms with van der Waals surface area (Å²) in [5.41, 5.74) is 10.9. The molecule has 86 valence electrons. The van der Waals surface area contributed by atoms with E-state index in [4.69, 9.17) is 11.5 Å². The summed E-state index contributed by atoms with van der Waals surface area (Å²) in [6.07, 6.45) is 0. The third-order valence-electron chi connectivity index (χ3n) is 2.44. The Hall–Kier alpha value is -0.0100. The van der Waals surface area contributed by atoms with E-state index in [9.17, 15) is 14.4 Å². The highest BCUT2D eigenvalue weighted by atomic mass is 32.2. The SMILES string of the molecule is CC(N)C(C)(O)S(=O)C(C)(O)C(C)N. The molecule has 0 aliphatic carbocycles. The first-order valence-corrected chi connectivity index (χ1v) is 5.57. The Morgan fingerprint density at radius 1 is 1.07 bits per heavy atom. The molecule has 0 aromatic carbocycles. The van der Waals surface area contributed by atoms with Crippen molar-refractivity contribution in [1.29, 1.82) is 0 Å². The average molecular weight is 224 g/mol. The van der Waals surface area contributed by atoms with Gasteiger partial charge >= 0.3 is 0 Å². The van der Waals surface area contributed by atoms with Crippen LogP contribution in [0, 0.1) is 0 Å². The molecule has 0 saturated heterocycles. The van der Waals surface area contributed by atoms with Crippen molar-refractivity contribution in [3.05, 3.63) is 0 Å². The van der Waals surface area contributed by atoms with E-state index in [1.807, 2.05) is 0 Å². The first-order valence-electron chi connectivity index (χ1n) is 4.42. The molecule has 6 heteroatoms. The van der Waals surface area contributed by atoms with E-state index in [-0.39, 0.29) is 0 Å². The van der Waals surface area contributed by atoms with Crippen LogP contribution in [0.25, 0.3) is 0 Å². The molecule has 0 rings (SSSR count). The average Bonchev–Trinajstić information content (AvgIpc) is 2.02. The number of aliphatic hydroxyl groups is 2. The van der Waals surface area contributed by atoms with E-state index in [0.717, 1.165) is 0 Å². The van der Waals surface area contributed by atoms with E-state index >= 15 is 0 Å². The summed E-state index contributed by atoms with van der Waals surface area (Å²) in [6.45, 7) is 5.69. The monoisotopic (exact) mass is 224 g/mol. The van der Waals surface area contributed by atoms with Crippen molar-refractivity contribution >= 4 is 10.8 Å². The molecule has 4 unspecified atom stereocenters. The lowest BCUT2D eigenvalue weighted by atomic mass is 10.2. The van der Waals surface area contributed by atoms with Crippen LogP contribution in [-0.4, -0.2) is 36.4 Å². The zero-order valence-corrected chi connectivity index (χ0v) is 9.84. The van der Waals surface area contributed by atoms with Crippen molar-refractivity contribution in [2.45, 2.75) is 49.6 Å². The van der Waals surface area contributed by atoms with Gasteiger partial charge in [-0.25, -0.2) is 0 Å². The fraction of sp³-hybridized carbons (Fsp3) is 1.00. The highest BCUT2D eigenvalue weighted by molar-refractivity contribution is 7.87. The molecule has 0 aromatic rings. The van der Waals surface area contributed by atoms with Crippen LogP contribution >= 0.6 is 0 Å². The minimum absolute atomic E-state index is 0.714. The molecule has 6 N–H and O–H groups in total. The lowest BCUT2D eigenvalue weighted by Crippen LogP contribution is -2.58. The Balaban J connectivity index is 4.96. The second kappa shape index (κ2) is 4.24. The second-order valence-corrected chi connectivity index (χ2v) is 6.15. The number of nitrogens with two attached hydrogens (primary N) is 2. The van der Waals surface area contributed by atoms with Gasteiger partial charge in [-0.1, -0.05) is 0 Å². The Bertz CT molecular complexity index is 205. The van der Waals surface area contributed by atoms with E-state index < -0.39 is 32.7 Å². The number of hydrogen-bond donors (Lipinski definition) is 4. The predicted octanol–water partition coefficient (Wildman–Crippen LogP) is -1.15. The quantitative estimate of drug-likeness (QED) is 0.482. The number of hydrogen-bond acceptors (Lipinski definition) is 5. The van der Waals surface area contributed by atoms with Crippen molar-refractivity contribution in [3.8, 4) is 0 Å². The lowest BCUT2D eigenvalue weighted by molar-refractivity contribution is 0.0889. The Kier molecular flexibility index (Phi) is 4.24. The maximum absolute atomic E-state index is 11.8. The molecule has 0 bridgehead atoms.